The van der Waals surface area contributed by atoms with Crippen molar-refractivity contribution < 1.29 is 9.22 Å². The van der Waals surface area contributed by atoms with Gasteiger partial charge in [-0.25, -0.2) is 0 Å². The van der Waals surface area contributed by atoms with Gasteiger partial charge in [-0.1, -0.05) is 75.4 Å². The summed E-state index contributed by atoms with van der Waals surface area (Å²) >= 11 is 0. The van der Waals surface area contributed by atoms with Crippen LogP contribution in [0.5, 0.6) is 0 Å². The lowest BCUT2D eigenvalue weighted by atomic mass is 9.84. The molecule has 1 aliphatic carbocycles. The number of Topliss-reactive ketones (excluding diaryl/α,β-unsaturated/α-hetero) is 1. The van der Waals surface area contributed by atoms with E-state index in [-0.39, 0.29) is 29.6 Å². The highest BCUT2D eigenvalue weighted by molar-refractivity contribution is 6.80. The summed E-state index contributed by atoms with van der Waals surface area (Å²) in [6.07, 6.45) is 3.66. The lowest BCUT2D eigenvalue weighted by Gasteiger charge is -2.30. The molecule has 3 rings (SSSR count). The summed E-state index contributed by atoms with van der Waals surface area (Å²) < 4.78 is 6.70. The molecule has 29 heavy (non-hydrogen) atoms. The van der Waals surface area contributed by atoms with Crippen molar-refractivity contribution in [3.05, 3.63) is 60.2 Å². The molecular formula is C25H30NO2Si. The maximum atomic E-state index is 12.0. The highest BCUT2D eigenvalue weighted by Crippen LogP contribution is 2.28. The van der Waals surface area contributed by atoms with Gasteiger partial charge in [0, 0.05) is 12.0 Å². The van der Waals surface area contributed by atoms with Gasteiger partial charge in [0.2, 0.25) is 0 Å². The molecular weight excluding hydrogens is 374 g/mol. The summed E-state index contributed by atoms with van der Waals surface area (Å²) in [5.74, 6) is 0.130. The smallest absolute Gasteiger partial charge is 0.283 e. The Bertz CT molecular complexity index is 841. The number of ketones is 1. The molecule has 151 valence electrons. The number of carbonyl (C=O) groups excluding carboxylic acids is 1. The molecule has 0 atom stereocenters. The van der Waals surface area contributed by atoms with Crippen molar-refractivity contribution in [2.45, 2.75) is 64.4 Å². The van der Waals surface area contributed by atoms with Gasteiger partial charge in [0.15, 0.2) is 0 Å². The quantitative estimate of drug-likeness (QED) is 0.680. The zero-order valence-electron chi connectivity index (χ0n) is 17.7. The largest absolute Gasteiger partial charge is 0.404 e. The van der Waals surface area contributed by atoms with E-state index in [1.54, 1.807) is 0 Å². The van der Waals surface area contributed by atoms with Gasteiger partial charge in [0.1, 0.15) is 5.78 Å². The van der Waals surface area contributed by atoms with Gasteiger partial charge in [-0.3, -0.25) is 4.79 Å². The first kappa shape index (κ1) is 21.5. The van der Waals surface area contributed by atoms with Crippen molar-refractivity contribution >= 4 is 25.2 Å². The zero-order valence-corrected chi connectivity index (χ0v) is 18.7. The maximum absolute atomic E-state index is 12.0. The van der Waals surface area contributed by atoms with Crippen LogP contribution in [0.4, 0.5) is 0 Å². The standard InChI is InChI=1S/C25H30NO2Si/c1-25(2,3)20-11-15-23(16-12-20)29(22-7-5-4-6-8-22)28-21-13-9-19(10-14-21)24(27)17-18-26/h4-8,11-12,15-16,19,21H,9-10,13-14,17H2,1-3H3. The van der Waals surface area contributed by atoms with Crippen LogP contribution in [0.25, 0.3) is 0 Å². The molecule has 0 saturated heterocycles. The van der Waals surface area contributed by atoms with Crippen molar-refractivity contribution in [2.75, 3.05) is 0 Å². The van der Waals surface area contributed by atoms with E-state index < -0.39 is 9.04 Å². The second-order valence-electron chi connectivity index (χ2n) is 8.92. The molecule has 0 spiro atoms. The number of nitriles is 1. The third-order valence-electron chi connectivity index (χ3n) is 5.72. The minimum absolute atomic E-state index is 0.0352. The van der Waals surface area contributed by atoms with Crippen LogP contribution < -0.4 is 10.4 Å². The fourth-order valence-corrected chi connectivity index (χ4v) is 6.04. The van der Waals surface area contributed by atoms with Crippen molar-refractivity contribution in [1.29, 1.82) is 5.26 Å². The number of hydrogen-bond acceptors (Lipinski definition) is 3. The number of carbonyl (C=O) groups is 1. The van der Waals surface area contributed by atoms with E-state index in [2.05, 4.69) is 69.3 Å². The maximum Gasteiger partial charge on any atom is 0.283 e. The van der Waals surface area contributed by atoms with E-state index >= 15 is 0 Å². The van der Waals surface area contributed by atoms with Crippen molar-refractivity contribution in [2.24, 2.45) is 5.92 Å². The highest BCUT2D eigenvalue weighted by Gasteiger charge is 2.30. The molecule has 1 aliphatic rings. The summed E-state index contributed by atoms with van der Waals surface area (Å²) in [6, 6.07) is 21.4. The molecule has 1 saturated carbocycles. The summed E-state index contributed by atoms with van der Waals surface area (Å²) in [5, 5.41) is 11.3. The summed E-state index contributed by atoms with van der Waals surface area (Å²) in [4.78, 5) is 12.0. The minimum Gasteiger partial charge on any atom is -0.404 e. The van der Waals surface area contributed by atoms with Gasteiger partial charge in [-0.15, -0.1) is 0 Å². The molecule has 1 radical (unpaired) electrons. The van der Waals surface area contributed by atoms with Crippen LogP contribution in [0.15, 0.2) is 54.6 Å². The van der Waals surface area contributed by atoms with Gasteiger partial charge in [0.05, 0.1) is 12.5 Å². The van der Waals surface area contributed by atoms with Crippen LogP contribution in [0.1, 0.15) is 58.4 Å². The molecule has 0 amide bonds. The van der Waals surface area contributed by atoms with E-state index in [1.165, 1.54) is 15.9 Å². The van der Waals surface area contributed by atoms with Crippen LogP contribution in [0, 0.1) is 17.2 Å². The normalized spacial score (nSPS) is 19.7. The molecule has 2 aromatic carbocycles. The average Bonchev–Trinajstić information content (AvgIpc) is 2.73. The Kier molecular flexibility index (Phi) is 7.05. The van der Waals surface area contributed by atoms with Gasteiger partial charge in [-0.2, -0.15) is 5.26 Å². The Morgan fingerprint density at radius 3 is 2.14 bits per heavy atom. The molecule has 1 fully saturated rings. The molecule has 3 nitrogen and oxygen atoms in total. The lowest BCUT2D eigenvalue weighted by Crippen LogP contribution is -2.48. The van der Waals surface area contributed by atoms with Crippen LogP contribution in [-0.2, 0) is 14.6 Å². The zero-order chi connectivity index (χ0) is 20.9. The second-order valence-corrected chi connectivity index (χ2v) is 11.0. The highest BCUT2D eigenvalue weighted by atomic mass is 28.3. The molecule has 0 unspecified atom stereocenters. The van der Waals surface area contributed by atoms with Crippen LogP contribution in [0.2, 0.25) is 0 Å². The van der Waals surface area contributed by atoms with Gasteiger partial charge in [-0.05, 0) is 47.0 Å². The molecule has 0 bridgehead atoms. The van der Waals surface area contributed by atoms with E-state index in [9.17, 15) is 4.79 Å². The van der Waals surface area contributed by atoms with Gasteiger partial charge >= 0.3 is 0 Å². The first-order valence-electron chi connectivity index (χ1n) is 10.5. The predicted molar refractivity (Wildman–Crippen MR) is 119 cm³/mol. The van der Waals surface area contributed by atoms with Crippen molar-refractivity contribution in [1.82, 2.24) is 0 Å². The summed E-state index contributed by atoms with van der Waals surface area (Å²) in [6.45, 7) is 6.69. The molecule has 0 heterocycles. The van der Waals surface area contributed by atoms with E-state index in [4.69, 9.17) is 9.69 Å². The Morgan fingerprint density at radius 2 is 1.59 bits per heavy atom. The predicted octanol–water partition coefficient (Wildman–Crippen LogP) is 4.15. The SMILES string of the molecule is CC(C)(C)c1ccc([Si](OC2CCC(C(=O)CC#N)CC2)c2ccccc2)cc1. The fraction of sp³-hybridized carbons (Fsp3) is 0.440. The first-order chi connectivity index (χ1) is 13.9. The fourth-order valence-electron chi connectivity index (χ4n) is 3.91. The van der Waals surface area contributed by atoms with Crippen LogP contribution in [0.3, 0.4) is 0 Å². The van der Waals surface area contributed by atoms with Gasteiger partial charge in [0.25, 0.3) is 9.04 Å². The average molecular weight is 405 g/mol. The van der Waals surface area contributed by atoms with Crippen LogP contribution >= 0.6 is 0 Å². The monoisotopic (exact) mass is 404 g/mol. The molecule has 0 aliphatic heterocycles. The van der Waals surface area contributed by atoms with Crippen molar-refractivity contribution in [3.63, 3.8) is 0 Å². The Morgan fingerprint density at radius 1 is 1.00 bits per heavy atom. The molecule has 0 N–H and O–H groups in total. The molecule has 0 aromatic heterocycles. The number of hydrogen-bond donors (Lipinski definition) is 0. The molecule has 4 heteroatoms. The van der Waals surface area contributed by atoms with E-state index in [0.29, 0.717) is 0 Å². The van der Waals surface area contributed by atoms with Crippen molar-refractivity contribution in [3.8, 4) is 6.07 Å². The summed E-state index contributed by atoms with van der Waals surface area (Å²) in [5.41, 5.74) is 1.46. The Labute approximate surface area is 176 Å². The third-order valence-corrected chi connectivity index (χ3v) is 8.00. The topological polar surface area (TPSA) is 50.1 Å². The minimum atomic E-state index is -1.34. The van der Waals surface area contributed by atoms with E-state index in [1.807, 2.05) is 12.1 Å². The third kappa shape index (κ3) is 5.65. The summed E-state index contributed by atoms with van der Waals surface area (Å²) in [7, 11) is -1.34. The first-order valence-corrected chi connectivity index (χ1v) is 11.9. The van der Waals surface area contributed by atoms with Gasteiger partial charge < -0.3 is 4.43 Å². The van der Waals surface area contributed by atoms with Crippen LogP contribution in [-0.4, -0.2) is 20.9 Å². The number of benzene rings is 2. The number of nitrogens with zero attached hydrogens (tertiary/aromatic N) is 1. The Balaban J connectivity index is 1.74. The van der Waals surface area contributed by atoms with E-state index in [0.717, 1.165) is 25.7 Å². The second kappa shape index (κ2) is 9.52. The lowest BCUT2D eigenvalue weighted by molar-refractivity contribution is -0.123. The number of rotatable bonds is 6. The molecule has 2 aromatic rings. The Hall–Kier alpha value is -2.22.